The molecule has 1 aromatic rings. The lowest BCUT2D eigenvalue weighted by Gasteiger charge is -2.24. The zero-order valence-corrected chi connectivity index (χ0v) is 9.52. The summed E-state index contributed by atoms with van der Waals surface area (Å²) in [6.07, 6.45) is 0. The van der Waals surface area contributed by atoms with Crippen molar-refractivity contribution < 1.29 is 14.2 Å². The van der Waals surface area contributed by atoms with Crippen LogP contribution in [0.4, 0.5) is 4.39 Å². The molecule has 0 spiro atoms. The van der Waals surface area contributed by atoms with Crippen LogP contribution in [0, 0.1) is 5.82 Å². The molecule has 0 radical (unpaired) electrons. The van der Waals surface area contributed by atoms with Crippen molar-refractivity contribution in [2.75, 3.05) is 7.11 Å². The third kappa shape index (κ3) is 2.16. The van der Waals surface area contributed by atoms with E-state index in [-0.39, 0.29) is 22.1 Å². The number of hydrogen-bond acceptors (Lipinski definition) is 3. The fourth-order valence-corrected chi connectivity index (χ4v) is 1.76. The molecule has 1 aromatic carbocycles. The molecule has 0 heterocycles. The van der Waals surface area contributed by atoms with E-state index in [1.54, 1.807) is 13.8 Å². The van der Waals surface area contributed by atoms with Crippen LogP contribution >= 0.6 is 11.6 Å². The highest BCUT2D eigenvalue weighted by atomic mass is 35.5. The van der Waals surface area contributed by atoms with Crippen LogP contribution in [0.5, 0.6) is 11.5 Å². The molecule has 0 bridgehead atoms. The van der Waals surface area contributed by atoms with Crippen molar-refractivity contribution in [2.24, 2.45) is 5.73 Å². The second-order valence-electron chi connectivity index (χ2n) is 3.82. The van der Waals surface area contributed by atoms with Gasteiger partial charge < -0.3 is 15.6 Å². The number of hydrogen-bond donors (Lipinski definition) is 2. The molecule has 0 aliphatic carbocycles. The monoisotopic (exact) mass is 233 g/mol. The Hall–Kier alpha value is -1.00. The first kappa shape index (κ1) is 12.1. The lowest BCUT2D eigenvalue weighted by atomic mass is 9.94. The molecule has 0 atom stereocenters. The average molecular weight is 234 g/mol. The van der Waals surface area contributed by atoms with Gasteiger partial charge in [-0.1, -0.05) is 11.6 Å². The molecule has 0 aromatic heterocycles. The number of ether oxygens (including phenoxy) is 1. The fraction of sp³-hybridized carbons (Fsp3) is 0.400. The van der Waals surface area contributed by atoms with Crippen molar-refractivity contribution in [3.05, 3.63) is 22.5 Å². The molecule has 0 fully saturated rings. The zero-order chi connectivity index (χ0) is 11.8. The third-order valence-electron chi connectivity index (χ3n) is 2.00. The lowest BCUT2D eigenvalue weighted by Crippen LogP contribution is -2.30. The molecule has 0 saturated carbocycles. The van der Waals surface area contributed by atoms with E-state index in [4.69, 9.17) is 22.1 Å². The first-order valence-corrected chi connectivity index (χ1v) is 4.71. The van der Waals surface area contributed by atoms with Crippen molar-refractivity contribution in [2.45, 2.75) is 19.4 Å². The van der Waals surface area contributed by atoms with E-state index in [0.717, 1.165) is 6.07 Å². The van der Waals surface area contributed by atoms with Gasteiger partial charge in [0.2, 0.25) is 0 Å². The van der Waals surface area contributed by atoms with Gasteiger partial charge in [-0.15, -0.1) is 0 Å². The summed E-state index contributed by atoms with van der Waals surface area (Å²) in [7, 11) is 1.36. The van der Waals surface area contributed by atoms with Crippen LogP contribution in [0.2, 0.25) is 5.02 Å². The fourth-order valence-electron chi connectivity index (χ4n) is 1.38. The van der Waals surface area contributed by atoms with Crippen molar-refractivity contribution in [1.82, 2.24) is 0 Å². The van der Waals surface area contributed by atoms with Crippen molar-refractivity contribution in [3.63, 3.8) is 0 Å². The van der Waals surface area contributed by atoms with Gasteiger partial charge in [0.05, 0.1) is 12.1 Å². The molecule has 1 rings (SSSR count). The number of phenols is 1. The molecule has 5 heteroatoms. The first-order chi connectivity index (χ1) is 6.79. The van der Waals surface area contributed by atoms with Gasteiger partial charge in [-0.3, -0.25) is 0 Å². The Kier molecular flexibility index (Phi) is 3.11. The second kappa shape index (κ2) is 3.87. The summed E-state index contributed by atoms with van der Waals surface area (Å²) in [6.45, 7) is 3.30. The Morgan fingerprint density at radius 1 is 1.53 bits per heavy atom. The van der Waals surface area contributed by atoms with E-state index in [2.05, 4.69) is 0 Å². The molecule has 0 aliphatic heterocycles. The van der Waals surface area contributed by atoms with Crippen LogP contribution in [0.25, 0.3) is 0 Å². The molecule has 0 unspecified atom stereocenters. The van der Waals surface area contributed by atoms with Gasteiger partial charge in [0.1, 0.15) is 5.82 Å². The molecule has 0 saturated heterocycles. The van der Waals surface area contributed by atoms with E-state index in [0.29, 0.717) is 0 Å². The predicted octanol–water partition coefficient (Wildman–Crippen LogP) is 2.39. The standard InChI is InChI=1S/C10H13ClFNO2/c1-10(2,13)7-8(11)5(12)4-6(14)9(7)15-3/h4,14H,13H2,1-3H3. The van der Waals surface area contributed by atoms with Crippen molar-refractivity contribution in [1.29, 1.82) is 0 Å². The van der Waals surface area contributed by atoms with Crippen LogP contribution in [0.3, 0.4) is 0 Å². The Labute approximate surface area is 92.6 Å². The number of nitrogens with two attached hydrogens (primary N) is 1. The number of halogens is 2. The van der Waals surface area contributed by atoms with Crippen LogP contribution in [-0.2, 0) is 5.54 Å². The SMILES string of the molecule is COc1c(O)cc(F)c(Cl)c1C(C)(C)N. The molecular formula is C10H13ClFNO2. The van der Waals surface area contributed by atoms with Crippen molar-refractivity contribution in [3.8, 4) is 11.5 Å². The van der Waals surface area contributed by atoms with Crippen LogP contribution in [-0.4, -0.2) is 12.2 Å². The Balaban J connectivity index is 3.59. The largest absolute Gasteiger partial charge is 0.504 e. The van der Waals surface area contributed by atoms with Crippen LogP contribution in [0.15, 0.2) is 6.07 Å². The van der Waals surface area contributed by atoms with E-state index in [9.17, 15) is 9.50 Å². The van der Waals surface area contributed by atoms with Gasteiger partial charge >= 0.3 is 0 Å². The molecule has 0 aliphatic rings. The maximum Gasteiger partial charge on any atom is 0.167 e. The summed E-state index contributed by atoms with van der Waals surface area (Å²) in [4.78, 5) is 0. The van der Waals surface area contributed by atoms with Crippen LogP contribution in [0.1, 0.15) is 19.4 Å². The highest BCUT2D eigenvalue weighted by Gasteiger charge is 2.27. The lowest BCUT2D eigenvalue weighted by molar-refractivity contribution is 0.355. The van der Waals surface area contributed by atoms with E-state index in [1.807, 2.05) is 0 Å². The number of phenolic OH excluding ortho intramolecular Hbond substituents is 1. The van der Waals surface area contributed by atoms with E-state index in [1.165, 1.54) is 7.11 Å². The van der Waals surface area contributed by atoms with Gasteiger partial charge in [0.15, 0.2) is 11.5 Å². The predicted molar refractivity (Wildman–Crippen MR) is 56.8 cm³/mol. The summed E-state index contributed by atoms with van der Waals surface area (Å²) >= 11 is 5.79. The van der Waals surface area contributed by atoms with Gasteiger partial charge in [-0.2, -0.15) is 0 Å². The summed E-state index contributed by atoms with van der Waals surface area (Å²) in [6, 6.07) is 0.899. The van der Waals surface area contributed by atoms with Crippen LogP contribution < -0.4 is 10.5 Å². The minimum absolute atomic E-state index is 0.105. The Morgan fingerprint density at radius 3 is 2.47 bits per heavy atom. The van der Waals surface area contributed by atoms with E-state index < -0.39 is 11.4 Å². The smallest absolute Gasteiger partial charge is 0.167 e. The first-order valence-electron chi connectivity index (χ1n) is 4.33. The van der Waals surface area contributed by atoms with Gasteiger partial charge in [-0.25, -0.2) is 4.39 Å². The number of rotatable bonds is 2. The maximum atomic E-state index is 13.3. The summed E-state index contributed by atoms with van der Waals surface area (Å²) in [5.41, 5.74) is 5.18. The number of methoxy groups -OCH3 is 1. The molecular weight excluding hydrogens is 221 g/mol. The second-order valence-corrected chi connectivity index (χ2v) is 4.20. The summed E-state index contributed by atoms with van der Waals surface area (Å²) < 4.78 is 18.2. The molecule has 3 N–H and O–H groups in total. The molecule has 0 amide bonds. The third-order valence-corrected chi connectivity index (χ3v) is 2.37. The molecule has 15 heavy (non-hydrogen) atoms. The maximum absolute atomic E-state index is 13.3. The minimum Gasteiger partial charge on any atom is -0.504 e. The van der Waals surface area contributed by atoms with Gasteiger partial charge in [0.25, 0.3) is 0 Å². The normalized spacial score (nSPS) is 11.6. The molecule has 84 valence electrons. The quantitative estimate of drug-likeness (QED) is 0.825. The molecule has 3 nitrogen and oxygen atoms in total. The number of benzene rings is 1. The minimum atomic E-state index is -0.901. The Bertz CT molecular complexity index is 388. The topological polar surface area (TPSA) is 55.5 Å². The van der Waals surface area contributed by atoms with Gasteiger partial charge in [-0.05, 0) is 13.8 Å². The average Bonchev–Trinajstić information content (AvgIpc) is 2.08. The summed E-state index contributed by atoms with van der Waals surface area (Å²) in [5.74, 6) is -0.926. The van der Waals surface area contributed by atoms with Gasteiger partial charge in [0, 0.05) is 17.2 Å². The van der Waals surface area contributed by atoms with Crippen molar-refractivity contribution >= 4 is 11.6 Å². The highest BCUT2D eigenvalue weighted by molar-refractivity contribution is 6.32. The number of aromatic hydroxyl groups is 1. The van der Waals surface area contributed by atoms with E-state index >= 15 is 0 Å². The highest BCUT2D eigenvalue weighted by Crippen LogP contribution is 2.41. The Morgan fingerprint density at radius 2 is 2.07 bits per heavy atom. The zero-order valence-electron chi connectivity index (χ0n) is 8.77. The summed E-state index contributed by atoms with van der Waals surface area (Å²) in [5, 5.41) is 9.35.